The highest BCUT2D eigenvalue weighted by Crippen LogP contribution is 2.26. The number of hydrogen-bond acceptors (Lipinski definition) is 4. The SMILES string of the molecule is O=C(c1ccc(=O)[nH]c1)N1CCC(N2CCC[C@H](C(=O)N3CCCC3)C2)CC1. The highest BCUT2D eigenvalue weighted by molar-refractivity contribution is 5.93. The number of aromatic amines is 1. The molecule has 0 aromatic carbocycles. The van der Waals surface area contributed by atoms with Crippen molar-refractivity contribution in [1.82, 2.24) is 19.7 Å². The molecule has 0 aliphatic carbocycles. The Balaban J connectivity index is 1.30. The normalized spacial score (nSPS) is 24.5. The van der Waals surface area contributed by atoms with E-state index in [1.54, 1.807) is 6.07 Å². The first kappa shape index (κ1) is 19.2. The van der Waals surface area contributed by atoms with Crippen molar-refractivity contribution in [2.24, 2.45) is 5.92 Å². The molecule has 0 unspecified atom stereocenters. The van der Waals surface area contributed by atoms with Crippen molar-refractivity contribution in [1.29, 1.82) is 0 Å². The Hall–Kier alpha value is -2.15. The van der Waals surface area contributed by atoms with Crippen LogP contribution in [-0.4, -0.2) is 76.8 Å². The number of hydrogen-bond donors (Lipinski definition) is 1. The molecular formula is C21H30N4O3. The minimum Gasteiger partial charge on any atom is -0.342 e. The average Bonchev–Trinajstić information content (AvgIpc) is 3.28. The van der Waals surface area contributed by atoms with E-state index >= 15 is 0 Å². The molecular weight excluding hydrogens is 356 g/mol. The van der Waals surface area contributed by atoms with Crippen molar-refractivity contribution in [2.45, 2.75) is 44.6 Å². The lowest BCUT2D eigenvalue weighted by Crippen LogP contribution is -2.51. The second kappa shape index (κ2) is 8.47. The molecule has 0 spiro atoms. The molecule has 0 radical (unpaired) electrons. The molecule has 1 aromatic heterocycles. The van der Waals surface area contributed by atoms with Crippen molar-refractivity contribution < 1.29 is 9.59 Å². The van der Waals surface area contributed by atoms with Crippen LogP contribution in [0.2, 0.25) is 0 Å². The van der Waals surface area contributed by atoms with E-state index < -0.39 is 0 Å². The van der Waals surface area contributed by atoms with E-state index in [4.69, 9.17) is 0 Å². The summed E-state index contributed by atoms with van der Waals surface area (Å²) >= 11 is 0. The Labute approximate surface area is 165 Å². The number of aromatic nitrogens is 1. The Morgan fingerprint density at radius 1 is 0.893 bits per heavy atom. The molecule has 0 bridgehead atoms. The number of likely N-dealkylation sites (tertiary alicyclic amines) is 3. The number of nitrogens with zero attached hydrogens (tertiary/aromatic N) is 3. The minimum absolute atomic E-state index is 0.0181. The maximum Gasteiger partial charge on any atom is 0.255 e. The van der Waals surface area contributed by atoms with Gasteiger partial charge in [0.15, 0.2) is 0 Å². The quantitative estimate of drug-likeness (QED) is 0.850. The molecule has 3 aliphatic heterocycles. The van der Waals surface area contributed by atoms with Crippen LogP contribution in [0.1, 0.15) is 48.9 Å². The summed E-state index contributed by atoms with van der Waals surface area (Å²) in [6, 6.07) is 3.44. The Morgan fingerprint density at radius 3 is 2.32 bits per heavy atom. The summed E-state index contributed by atoms with van der Waals surface area (Å²) in [5.74, 6) is 0.482. The van der Waals surface area contributed by atoms with Gasteiger partial charge >= 0.3 is 0 Å². The zero-order chi connectivity index (χ0) is 19.5. The van der Waals surface area contributed by atoms with Crippen LogP contribution in [0, 0.1) is 5.92 Å². The topological polar surface area (TPSA) is 76.7 Å². The Bertz CT molecular complexity index is 743. The van der Waals surface area contributed by atoms with E-state index in [0.29, 0.717) is 17.5 Å². The molecule has 1 N–H and O–H groups in total. The lowest BCUT2D eigenvalue weighted by Gasteiger charge is -2.42. The predicted octanol–water partition coefficient (Wildman–Crippen LogP) is 1.31. The smallest absolute Gasteiger partial charge is 0.255 e. The first-order chi connectivity index (χ1) is 13.6. The number of carbonyl (C=O) groups excluding carboxylic acids is 2. The standard InChI is InChI=1S/C21H30N4O3/c26-19-6-5-16(14-22-19)20(27)24-12-7-18(8-13-24)25-11-3-4-17(15-25)21(28)23-9-1-2-10-23/h5-6,14,17-18H,1-4,7-13,15H2,(H,22,26)/t17-/m0/s1. The van der Waals surface area contributed by atoms with E-state index in [1.165, 1.54) is 12.3 Å². The highest BCUT2D eigenvalue weighted by Gasteiger charge is 2.34. The molecule has 1 aromatic rings. The van der Waals surface area contributed by atoms with Gasteiger partial charge in [-0.2, -0.15) is 0 Å². The van der Waals surface area contributed by atoms with Crippen LogP contribution in [0.25, 0.3) is 0 Å². The fourth-order valence-corrected chi connectivity index (χ4v) is 4.90. The van der Waals surface area contributed by atoms with Crippen molar-refractivity contribution >= 4 is 11.8 Å². The monoisotopic (exact) mass is 386 g/mol. The summed E-state index contributed by atoms with van der Waals surface area (Å²) in [7, 11) is 0. The predicted molar refractivity (Wildman–Crippen MR) is 106 cm³/mol. The molecule has 3 fully saturated rings. The molecule has 7 nitrogen and oxygen atoms in total. The van der Waals surface area contributed by atoms with E-state index in [1.807, 2.05) is 4.90 Å². The third-order valence-electron chi connectivity index (χ3n) is 6.52. The van der Waals surface area contributed by atoms with Gasteiger partial charge in [-0.15, -0.1) is 0 Å². The summed E-state index contributed by atoms with van der Waals surface area (Å²) in [5, 5.41) is 0. The van der Waals surface area contributed by atoms with E-state index in [9.17, 15) is 14.4 Å². The van der Waals surface area contributed by atoms with Crippen LogP contribution >= 0.6 is 0 Å². The number of piperidine rings is 2. The third kappa shape index (κ3) is 4.14. The van der Waals surface area contributed by atoms with Gasteiger partial charge in [0.2, 0.25) is 11.5 Å². The van der Waals surface area contributed by atoms with Gasteiger partial charge in [0.05, 0.1) is 11.5 Å². The average molecular weight is 386 g/mol. The summed E-state index contributed by atoms with van der Waals surface area (Å²) < 4.78 is 0. The van der Waals surface area contributed by atoms with Crippen LogP contribution in [0.3, 0.4) is 0 Å². The van der Waals surface area contributed by atoms with Gasteiger partial charge in [0, 0.05) is 51.0 Å². The largest absolute Gasteiger partial charge is 0.342 e. The van der Waals surface area contributed by atoms with E-state index in [2.05, 4.69) is 14.8 Å². The summed E-state index contributed by atoms with van der Waals surface area (Å²) in [4.78, 5) is 45.6. The Kier molecular flexibility index (Phi) is 5.80. The molecule has 3 saturated heterocycles. The maximum absolute atomic E-state index is 12.8. The number of pyridine rings is 1. The van der Waals surface area contributed by atoms with Gasteiger partial charge < -0.3 is 14.8 Å². The Morgan fingerprint density at radius 2 is 1.64 bits per heavy atom. The number of nitrogens with one attached hydrogen (secondary N) is 1. The fourth-order valence-electron chi connectivity index (χ4n) is 4.90. The zero-order valence-corrected chi connectivity index (χ0v) is 16.4. The number of rotatable bonds is 3. The van der Waals surface area contributed by atoms with Gasteiger partial charge in [0.25, 0.3) is 5.91 Å². The van der Waals surface area contributed by atoms with Crippen molar-refractivity contribution in [3.8, 4) is 0 Å². The summed E-state index contributed by atoms with van der Waals surface area (Å²) in [6.45, 7) is 5.24. The molecule has 4 heterocycles. The zero-order valence-electron chi connectivity index (χ0n) is 16.4. The molecule has 2 amide bonds. The van der Waals surface area contributed by atoms with Crippen molar-refractivity contribution in [3.63, 3.8) is 0 Å². The van der Waals surface area contributed by atoms with Crippen LogP contribution in [0.4, 0.5) is 0 Å². The molecule has 4 rings (SSSR count). The fraction of sp³-hybridized carbons (Fsp3) is 0.667. The third-order valence-corrected chi connectivity index (χ3v) is 6.52. The first-order valence-corrected chi connectivity index (χ1v) is 10.6. The van der Waals surface area contributed by atoms with E-state index in [-0.39, 0.29) is 17.4 Å². The van der Waals surface area contributed by atoms with Gasteiger partial charge in [0.1, 0.15) is 0 Å². The molecule has 1 atom stereocenters. The van der Waals surface area contributed by atoms with Gasteiger partial charge in [-0.1, -0.05) is 0 Å². The lowest BCUT2D eigenvalue weighted by atomic mass is 9.92. The molecule has 28 heavy (non-hydrogen) atoms. The second-order valence-corrected chi connectivity index (χ2v) is 8.33. The van der Waals surface area contributed by atoms with Crippen molar-refractivity contribution in [3.05, 3.63) is 34.2 Å². The van der Waals surface area contributed by atoms with Crippen LogP contribution in [0.15, 0.2) is 23.1 Å². The number of amides is 2. The van der Waals surface area contributed by atoms with Crippen LogP contribution < -0.4 is 5.56 Å². The van der Waals surface area contributed by atoms with Gasteiger partial charge in [-0.3, -0.25) is 19.3 Å². The summed E-state index contributed by atoms with van der Waals surface area (Å²) in [6.07, 6.45) is 7.76. The highest BCUT2D eigenvalue weighted by atomic mass is 16.2. The molecule has 7 heteroatoms. The van der Waals surface area contributed by atoms with E-state index in [0.717, 1.165) is 77.8 Å². The number of carbonyl (C=O) groups is 2. The van der Waals surface area contributed by atoms with Gasteiger partial charge in [-0.05, 0) is 51.1 Å². The second-order valence-electron chi connectivity index (χ2n) is 8.33. The molecule has 3 aliphatic rings. The first-order valence-electron chi connectivity index (χ1n) is 10.6. The lowest BCUT2D eigenvalue weighted by molar-refractivity contribution is -0.136. The van der Waals surface area contributed by atoms with Gasteiger partial charge in [-0.25, -0.2) is 0 Å². The summed E-state index contributed by atoms with van der Waals surface area (Å²) in [5.41, 5.74) is 0.339. The van der Waals surface area contributed by atoms with Crippen LogP contribution in [0.5, 0.6) is 0 Å². The van der Waals surface area contributed by atoms with Crippen molar-refractivity contribution in [2.75, 3.05) is 39.3 Å². The maximum atomic E-state index is 12.8. The van der Waals surface area contributed by atoms with Crippen LogP contribution in [-0.2, 0) is 4.79 Å². The number of H-pyrrole nitrogens is 1. The molecule has 152 valence electrons. The molecule has 0 saturated carbocycles. The minimum atomic E-state index is -0.196.